The second-order valence-electron chi connectivity index (χ2n) is 8.61. The van der Waals surface area contributed by atoms with Crippen molar-refractivity contribution < 1.29 is 9.53 Å². The summed E-state index contributed by atoms with van der Waals surface area (Å²) < 4.78 is 4.99. The summed E-state index contributed by atoms with van der Waals surface area (Å²) >= 11 is 0. The van der Waals surface area contributed by atoms with Gasteiger partial charge < -0.3 is 20.8 Å². The summed E-state index contributed by atoms with van der Waals surface area (Å²) in [4.78, 5) is 20.9. The van der Waals surface area contributed by atoms with Gasteiger partial charge in [-0.1, -0.05) is 55.1 Å². The second kappa shape index (κ2) is 9.93. The number of methoxy groups -OCH3 is 1. The topological polar surface area (TPSA) is 100.0 Å². The van der Waals surface area contributed by atoms with E-state index in [4.69, 9.17) is 10.1 Å². The van der Waals surface area contributed by atoms with Crippen molar-refractivity contribution in [2.24, 2.45) is 0 Å². The van der Waals surface area contributed by atoms with E-state index in [9.17, 15) is 4.79 Å². The third kappa shape index (κ3) is 4.84. The number of nitrogens with zero attached hydrogens (tertiary/aromatic N) is 2. The van der Waals surface area contributed by atoms with Gasteiger partial charge in [0.25, 0.3) is 0 Å². The first-order chi connectivity index (χ1) is 16.9. The van der Waals surface area contributed by atoms with Crippen LogP contribution < -0.4 is 10.6 Å². The molecular formula is C28H29N5O2. The van der Waals surface area contributed by atoms with Crippen LogP contribution in [0.15, 0.2) is 73.3 Å². The lowest BCUT2D eigenvalue weighted by molar-refractivity contribution is -0.143. The van der Waals surface area contributed by atoms with Crippen molar-refractivity contribution in [3.63, 3.8) is 0 Å². The van der Waals surface area contributed by atoms with E-state index in [1.54, 1.807) is 19.4 Å². The number of ether oxygens (including phenoxy) is 1. The van der Waals surface area contributed by atoms with Crippen LogP contribution >= 0.6 is 0 Å². The Morgan fingerprint density at radius 2 is 1.71 bits per heavy atom. The van der Waals surface area contributed by atoms with Crippen LogP contribution in [-0.4, -0.2) is 36.3 Å². The quantitative estimate of drug-likeness (QED) is 0.301. The molecule has 3 aromatic rings. The van der Waals surface area contributed by atoms with E-state index in [1.807, 2.05) is 55.5 Å². The van der Waals surface area contributed by atoms with Gasteiger partial charge in [0.15, 0.2) is 5.82 Å². The number of aromatic nitrogens is 2. The molecule has 2 aromatic carbocycles. The highest BCUT2D eigenvalue weighted by Gasteiger charge is 2.52. The predicted octanol–water partition coefficient (Wildman–Crippen LogP) is 5.03. The smallest absolute Gasteiger partial charge is 0.316 e. The second-order valence-corrected chi connectivity index (χ2v) is 8.61. The average molecular weight is 468 g/mol. The molecule has 178 valence electrons. The SMILES string of the molecule is C=C(C)c1cncc(N/C(NC)=C(/C=N)c2ccc(-c3ccc(C4(C(=O)OC)CC4)cc3)cc2)n1. The number of hydrogen-bond donors (Lipinski definition) is 3. The van der Waals surface area contributed by atoms with E-state index in [1.165, 1.54) is 13.3 Å². The first-order valence-corrected chi connectivity index (χ1v) is 11.4. The van der Waals surface area contributed by atoms with Gasteiger partial charge in [-0.15, -0.1) is 0 Å². The molecule has 1 fully saturated rings. The molecule has 4 rings (SSSR count). The minimum absolute atomic E-state index is 0.160. The van der Waals surface area contributed by atoms with Crippen LogP contribution in [0.2, 0.25) is 0 Å². The summed E-state index contributed by atoms with van der Waals surface area (Å²) in [5.41, 5.74) is 5.73. The minimum Gasteiger partial charge on any atom is -0.468 e. The number of rotatable bonds is 9. The van der Waals surface area contributed by atoms with Gasteiger partial charge in [-0.05, 0) is 47.6 Å². The Bertz CT molecular complexity index is 1290. The Labute approximate surface area is 205 Å². The first kappa shape index (κ1) is 23.9. The molecule has 1 aromatic heterocycles. The zero-order chi connectivity index (χ0) is 25.0. The van der Waals surface area contributed by atoms with Crippen LogP contribution in [-0.2, 0) is 14.9 Å². The van der Waals surface area contributed by atoms with Crippen LogP contribution in [0.3, 0.4) is 0 Å². The Morgan fingerprint density at radius 3 is 2.23 bits per heavy atom. The number of hydrogen-bond acceptors (Lipinski definition) is 7. The van der Waals surface area contributed by atoms with Gasteiger partial charge in [0.05, 0.1) is 30.6 Å². The van der Waals surface area contributed by atoms with Gasteiger partial charge in [0.1, 0.15) is 5.82 Å². The molecule has 7 heteroatoms. The fraction of sp³-hybridized carbons (Fsp3) is 0.214. The number of esters is 1. The molecule has 1 heterocycles. The monoisotopic (exact) mass is 467 g/mol. The molecule has 0 bridgehead atoms. The van der Waals surface area contributed by atoms with E-state index in [0.29, 0.717) is 22.9 Å². The summed E-state index contributed by atoms with van der Waals surface area (Å²) in [6.45, 7) is 5.79. The molecule has 0 spiro atoms. The lowest BCUT2D eigenvalue weighted by Crippen LogP contribution is -2.21. The van der Waals surface area contributed by atoms with Gasteiger partial charge in [-0.25, -0.2) is 4.98 Å². The van der Waals surface area contributed by atoms with E-state index >= 15 is 0 Å². The number of carbonyl (C=O) groups is 1. The lowest BCUT2D eigenvalue weighted by atomic mass is 9.93. The van der Waals surface area contributed by atoms with Gasteiger partial charge >= 0.3 is 5.97 Å². The largest absolute Gasteiger partial charge is 0.468 e. The zero-order valence-corrected chi connectivity index (χ0v) is 20.2. The first-order valence-electron chi connectivity index (χ1n) is 11.4. The van der Waals surface area contributed by atoms with Crippen LogP contribution in [0.1, 0.15) is 36.6 Å². The number of anilines is 1. The van der Waals surface area contributed by atoms with Crippen LogP contribution in [0.5, 0.6) is 0 Å². The summed E-state index contributed by atoms with van der Waals surface area (Å²) in [5.74, 6) is 1.04. The number of allylic oxidation sites excluding steroid dienone is 2. The lowest BCUT2D eigenvalue weighted by Gasteiger charge is -2.15. The van der Waals surface area contributed by atoms with E-state index in [2.05, 4.69) is 27.2 Å². The zero-order valence-electron chi connectivity index (χ0n) is 20.2. The molecule has 1 saturated carbocycles. The van der Waals surface area contributed by atoms with E-state index in [-0.39, 0.29) is 5.97 Å². The molecule has 35 heavy (non-hydrogen) atoms. The Morgan fingerprint density at radius 1 is 1.09 bits per heavy atom. The van der Waals surface area contributed by atoms with Crippen LogP contribution in [0.4, 0.5) is 5.82 Å². The maximum absolute atomic E-state index is 12.2. The Kier molecular flexibility index (Phi) is 6.78. The molecule has 1 aliphatic rings. The maximum Gasteiger partial charge on any atom is 0.316 e. The molecule has 0 aliphatic heterocycles. The highest BCUT2D eigenvalue weighted by molar-refractivity contribution is 6.10. The number of benzene rings is 2. The van der Waals surface area contributed by atoms with Gasteiger partial charge in [-0.2, -0.15) is 0 Å². The molecular weight excluding hydrogens is 438 g/mol. The van der Waals surface area contributed by atoms with Crippen molar-refractivity contribution in [2.45, 2.75) is 25.2 Å². The number of carbonyl (C=O) groups excluding carboxylic acids is 1. The summed E-state index contributed by atoms with van der Waals surface area (Å²) in [7, 11) is 3.23. The third-order valence-electron chi connectivity index (χ3n) is 6.28. The highest BCUT2D eigenvalue weighted by Crippen LogP contribution is 2.49. The molecule has 0 saturated heterocycles. The average Bonchev–Trinajstić information content (AvgIpc) is 3.71. The van der Waals surface area contributed by atoms with Gasteiger partial charge in [0, 0.05) is 18.8 Å². The summed E-state index contributed by atoms with van der Waals surface area (Å²) in [5, 5.41) is 14.4. The van der Waals surface area contributed by atoms with Crippen molar-refractivity contribution >= 4 is 29.1 Å². The van der Waals surface area contributed by atoms with Crippen LogP contribution in [0, 0.1) is 5.41 Å². The maximum atomic E-state index is 12.2. The van der Waals surface area contributed by atoms with E-state index in [0.717, 1.165) is 40.7 Å². The van der Waals surface area contributed by atoms with Crippen LogP contribution in [0.25, 0.3) is 22.3 Å². The van der Waals surface area contributed by atoms with Crippen molar-refractivity contribution in [1.29, 1.82) is 5.41 Å². The number of nitrogens with one attached hydrogen (secondary N) is 3. The fourth-order valence-corrected chi connectivity index (χ4v) is 4.08. The summed E-state index contributed by atoms with van der Waals surface area (Å²) in [6, 6.07) is 16.1. The molecule has 0 radical (unpaired) electrons. The summed E-state index contributed by atoms with van der Waals surface area (Å²) in [6.07, 6.45) is 6.26. The molecule has 7 nitrogen and oxygen atoms in total. The molecule has 0 unspecified atom stereocenters. The predicted molar refractivity (Wildman–Crippen MR) is 140 cm³/mol. The van der Waals surface area contributed by atoms with E-state index < -0.39 is 5.41 Å². The minimum atomic E-state index is -0.467. The Hall–Kier alpha value is -4.26. The standard InChI is InChI=1S/C28H29N5O2/c1-18(2)24-16-31-17-25(32-24)33-26(30-3)23(15-29)21-7-5-19(6-8-21)20-9-11-22(12-10-20)28(13-14-28)27(34)35-4/h5-12,15-17,29-30H,1,13-14H2,2-4H3,(H,32,33)/b26-23-,29-15?. The van der Waals surface area contributed by atoms with Crippen molar-refractivity contribution in [3.05, 3.63) is 90.1 Å². The fourth-order valence-electron chi connectivity index (χ4n) is 4.08. The van der Waals surface area contributed by atoms with Gasteiger partial charge in [-0.3, -0.25) is 9.78 Å². The van der Waals surface area contributed by atoms with Crippen molar-refractivity contribution in [2.75, 3.05) is 19.5 Å². The third-order valence-corrected chi connectivity index (χ3v) is 6.28. The molecule has 0 atom stereocenters. The van der Waals surface area contributed by atoms with Crippen molar-refractivity contribution in [1.82, 2.24) is 15.3 Å². The van der Waals surface area contributed by atoms with Gasteiger partial charge in [0.2, 0.25) is 0 Å². The molecule has 1 aliphatic carbocycles. The highest BCUT2D eigenvalue weighted by atomic mass is 16.5. The molecule has 0 amide bonds. The Balaban J connectivity index is 1.57. The normalized spacial score (nSPS) is 14.4. The molecule has 3 N–H and O–H groups in total. The van der Waals surface area contributed by atoms with Crippen molar-refractivity contribution in [3.8, 4) is 11.1 Å².